The summed E-state index contributed by atoms with van der Waals surface area (Å²) in [5.74, 6) is 1.05. The maximum absolute atomic E-state index is 13.7. The van der Waals surface area contributed by atoms with Gasteiger partial charge in [-0.3, -0.25) is 14.4 Å². The van der Waals surface area contributed by atoms with Crippen molar-refractivity contribution in [2.24, 2.45) is 0 Å². The average Bonchev–Trinajstić information content (AvgIpc) is 3.61. The number of carbonyl (C=O) groups excluding carboxylic acids is 3. The van der Waals surface area contributed by atoms with Gasteiger partial charge >= 0.3 is 0 Å². The van der Waals surface area contributed by atoms with Crippen molar-refractivity contribution in [3.63, 3.8) is 0 Å². The number of hydrogen-bond donors (Lipinski definition) is 1. The normalized spacial score (nSPS) is 20.5. The van der Waals surface area contributed by atoms with E-state index in [1.54, 1.807) is 20.5 Å². The minimum Gasteiger partial charge on any atom is -0.451 e. The zero-order chi connectivity index (χ0) is 29.1. The summed E-state index contributed by atoms with van der Waals surface area (Å²) in [6.45, 7) is 3.49. The topological polar surface area (TPSA) is 114 Å². The Morgan fingerprint density at radius 2 is 1.79 bits per heavy atom. The number of carbonyl (C=O) groups is 3. The molecule has 1 saturated heterocycles. The second-order valence-electron chi connectivity index (χ2n) is 11.1. The molecule has 1 fully saturated rings. The van der Waals surface area contributed by atoms with Crippen molar-refractivity contribution in [2.45, 2.75) is 64.1 Å². The summed E-state index contributed by atoms with van der Waals surface area (Å²) in [4.78, 5) is 49.0. The molecule has 0 aliphatic carbocycles. The number of furan rings is 1. The largest absolute Gasteiger partial charge is 0.451 e. The number of rotatable bonds is 3. The molecule has 0 bridgehead atoms. The molecule has 2 aliphatic rings. The predicted octanol–water partition coefficient (Wildman–Crippen LogP) is 4.05. The Hall–Kier alpha value is -4.47. The van der Waals surface area contributed by atoms with Crippen LogP contribution >= 0.6 is 0 Å². The van der Waals surface area contributed by atoms with E-state index in [4.69, 9.17) is 9.40 Å². The van der Waals surface area contributed by atoms with Crippen molar-refractivity contribution in [1.82, 2.24) is 29.9 Å². The van der Waals surface area contributed by atoms with Crippen molar-refractivity contribution in [3.8, 4) is 0 Å². The molecular weight excluding hydrogens is 532 g/mol. The maximum atomic E-state index is 13.7. The third-order valence-corrected chi connectivity index (χ3v) is 8.17. The predicted molar refractivity (Wildman–Crippen MR) is 156 cm³/mol. The molecule has 2 aliphatic heterocycles. The second kappa shape index (κ2) is 12.2. The molecule has 0 unspecified atom stereocenters. The van der Waals surface area contributed by atoms with Crippen LogP contribution in [-0.2, 0) is 22.6 Å². The van der Waals surface area contributed by atoms with Gasteiger partial charge in [0.1, 0.15) is 23.3 Å². The number of amides is 3. The summed E-state index contributed by atoms with van der Waals surface area (Å²) in [5, 5.41) is 8.76. The number of fused-ring (bicyclic) bond motifs is 3. The van der Waals surface area contributed by atoms with Crippen LogP contribution in [0.4, 0.5) is 0 Å². The van der Waals surface area contributed by atoms with E-state index in [1.807, 2.05) is 61.5 Å². The van der Waals surface area contributed by atoms with E-state index in [9.17, 15) is 14.4 Å². The van der Waals surface area contributed by atoms with Crippen molar-refractivity contribution >= 4 is 28.7 Å². The van der Waals surface area contributed by atoms with E-state index in [-0.39, 0.29) is 29.9 Å². The summed E-state index contributed by atoms with van der Waals surface area (Å²) in [6, 6.07) is 18.3. The van der Waals surface area contributed by atoms with E-state index >= 15 is 0 Å². The van der Waals surface area contributed by atoms with Gasteiger partial charge in [0.15, 0.2) is 5.76 Å². The first kappa shape index (κ1) is 27.7. The number of nitrogens with zero attached hydrogens (tertiary/aromatic N) is 5. The van der Waals surface area contributed by atoms with E-state index in [0.717, 1.165) is 23.8 Å². The van der Waals surface area contributed by atoms with E-state index in [2.05, 4.69) is 10.4 Å². The van der Waals surface area contributed by atoms with Crippen molar-refractivity contribution in [1.29, 1.82) is 0 Å². The first-order valence-corrected chi connectivity index (χ1v) is 14.8. The number of hydrogen-bond acceptors (Lipinski definition) is 6. The Morgan fingerprint density at radius 3 is 2.62 bits per heavy atom. The van der Waals surface area contributed by atoms with Gasteiger partial charge in [0, 0.05) is 31.4 Å². The van der Waals surface area contributed by atoms with Gasteiger partial charge in [-0.2, -0.15) is 5.10 Å². The molecular formula is C32H36N6O4. The molecule has 1 N–H and O–H groups in total. The van der Waals surface area contributed by atoms with Gasteiger partial charge in [-0.05, 0) is 56.7 Å². The zero-order valence-corrected chi connectivity index (χ0v) is 23.9. The van der Waals surface area contributed by atoms with Crippen LogP contribution in [0.5, 0.6) is 0 Å². The quantitative estimate of drug-likeness (QED) is 0.399. The Kier molecular flexibility index (Phi) is 8.03. The summed E-state index contributed by atoms with van der Waals surface area (Å²) in [7, 11) is 0. The van der Waals surface area contributed by atoms with Crippen molar-refractivity contribution in [3.05, 3.63) is 83.6 Å². The number of nitrogens with one attached hydrogen (secondary N) is 1. The van der Waals surface area contributed by atoms with Crippen molar-refractivity contribution in [2.75, 3.05) is 19.6 Å². The Balaban J connectivity index is 1.34. The van der Waals surface area contributed by atoms with Gasteiger partial charge in [0.05, 0.1) is 12.6 Å². The van der Waals surface area contributed by atoms with Gasteiger partial charge in [-0.1, -0.05) is 48.5 Å². The fourth-order valence-electron chi connectivity index (χ4n) is 6.06. The van der Waals surface area contributed by atoms with Gasteiger partial charge < -0.3 is 19.5 Å². The first-order valence-electron chi connectivity index (χ1n) is 14.8. The molecule has 218 valence electrons. The highest BCUT2D eigenvalue weighted by molar-refractivity contribution is 5.96. The highest BCUT2D eigenvalue weighted by atomic mass is 16.3. The number of piperidine rings is 1. The van der Waals surface area contributed by atoms with E-state index in [0.29, 0.717) is 62.7 Å². The minimum absolute atomic E-state index is 0.0540. The van der Waals surface area contributed by atoms with Crippen molar-refractivity contribution < 1.29 is 18.8 Å². The highest BCUT2D eigenvalue weighted by Crippen LogP contribution is 2.24. The fraction of sp³-hybridized carbons (Fsp3) is 0.406. The lowest BCUT2D eigenvalue weighted by atomic mass is 9.99. The molecule has 10 heteroatoms. The standard InChI is InChI=1S/C32H36N6O4/c1-22-33-30-25(20-23-10-3-2-4-11-23)34-31(40)26-13-7-8-17-37(26)29(39)15-9-16-36(18-19-38(30)35-22)32(41)28-21-24-12-5-6-14-27(24)42-28/h2-6,10-12,14,21,25-26H,7-9,13,15-20H2,1H3,(H,34,40)/t25-,26+/m1/s1. The lowest BCUT2D eigenvalue weighted by Crippen LogP contribution is -2.53. The molecule has 2 atom stereocenters. The number of benzene rings is 2. The SMILES string of the molecule is Cc1nc2n(n1)CCN(C(=O)c1cc3ccccc3o1)CCCC(=O)N1CCCC[C@H]1C(=O)N[C@@H]2Cc1ccccc1. The Bertz CT molecular complexity index is 1550. The van der Waals surface area contributed by atoms with Crippen LogP contribution in [0.3, 0.4) is 0 Å². The Labute approximate surface area is 244 Å². The molecule has 42 heavy (non-hydrogen) atoms. The lowest BCUT2D eigenvalue weighted by Gasteiger charge is -2.36. The van der Waals surface area contributed by atoms with Crippen LogP contribution in [0, 0.1) is 6.92 Å². The highest BCUT2D eigenvalue weighted by Gasteiger charge is 2.34. The third-order valence-electron chi connectivity index (χ3n) is 8.17. The van der Waals surface area contributed by atoms with Crippen LogP contribution in [0.2, 0.25) is 0 Å². The molecule has 4 aromatic rings. The van der Waals surface area contributed by atoms with Crippen LogP contribution < -0.4 is 5.32 Å². The zero-order valence-electron chi connectivity index (χ0n) is 23.9. The monoisotopic (exact) mass is 568 g/mol. The molecule has 0 spiro atoms. The van der Waals surface area contributed by atoms with Gasteiger partial charge in [-0.25, -0.2) is 9.67 Å². The molecule has 0 radical (unpaired) electrons. The summed E-state index contributed by atoms with van der Waals surface area (Å²) in [6.07, 6.45) is 3.64. The minimum atomic E-state index is -0.529. The summed E-state index contributed by atoms with van der Waals surface area (Å²) >= 11 is 0. The first-order chi connectivity index (χ1) is 20.5. The number of para-hydroxylation sites is 1. The number of aryl methyl sites for hydroxylation is 1. The number of aromatic nitrogens is 3. The van der Waals surface area contributed by atoms with Gasteiger partial charge in [0.25, 0.3) is 5.91 Å². The molecule has 2 aromatic heterocycles. The molecule has 6 rings (SSSR count). The summed E-state index contributed by atoms with van der Waals surface area (Å²) < 4.78 is 7.71. The molecule has 0 saturated carbocycles. The van der Waals surface area contributed by atoms with Crippen LogP contribution in [0.1, 0.15) is 65.9 Å². The maximum Gasteiger partial charge on any atom is 0.289 e. The second-order valence-corrected chi connectivity index (χ2v) is 11.1. The molecule has 2 aromatic carbocycles. The van der Waals surface area contributed by atoms with Crippen LogP contribution in [-0.4, -0.2) is 68.0 Å². The summed E-state index contributed by atoms with van der Waals surface area (Å²) in [5.41, 5.74) is 1.71. The van der Waals surface area contributed by atoms with E-state index in [1.165, 1.54) is 0 Å². The lowest BCUT2D eigenvalue weighted by molar-refractivity contribution is -0.142. The van der Waals surface area contributed by atoms with E-state index < -0.39 is 12.1 Å². The smallest absolute Gasteiger partial charge is 0.289 e. The fourth-order valence-corrected chi connectivity index (χ4v) is 6.06. The molecule has 3 amide bonds. The van der Waals surface area contributed by atoms with Crippen LogP contribution in [0.15, 0.2) is 65.1 Å². The van der Waals surface area contributed by atoms with Crippen LogP contribution in [0.25, 0.3) is 11.0 Å². The average molecular weight is 569 g/mol. The van der Waals surface area contributed by atoms with Gasteiger partial charge in [0.2, 0.25) is 11.8 Å². The molecule has 4 heterocycles. The van der Waals surface area contributed by atoms with Gasteiger partial charge in [-0.15, -0.1) is 0 Å². The molecule has 10 nitrogen and oxygen atoms in total. The Morgan fingerprint density at radius 1 is 0.976 bits per heavy atom. The third kappa shape index (κ3) is 5.93.